The number of amides is 1. The molecule has 2 aliphatic rings. The van der Waals surface area contributed by atoms with Gasteiger partial charge in [-0.25, -0.2) is 0 Å². The maximum atomic E-state index is 12.8. The Balaban J connectivity index is 1.45. The smallest absolute Gasteiger partial charge is 0.274 e. The molecule has 6 nitrogen and oxygen atoms in total. The number of hydrogen-bond donors (Lipinski definition) is 1. The van der Waals surface area contributed by atoms with Crippen molar-refractivity contribution in [1.29, 1.82) is 0 Å². The molecule has 0 spiro atoms. The summed E-state index contributed by atoms with van der Waals surface area (Å²) in [4.78, 5) is 14.7. The molecule has 2 aromatic rings. The van der Waals surface area contributed by atoms with Crippen molar-refractivity contribution in [3.05, 3.63) is 59.2 Å². The Hall–Kier alpha value is -2.63. The first-order chi connectivity index (χ1) is 13.0. The zero-order valence-corrected chi connectivity index (χ0v) is 16.2. The zero-order chi connectivity index (χ0) is 19.0. The largest absolute Gasteiger partial charge is 0.335 e. The van der Waals surface area contributed by atoms with Crippen LogP contribution in [0.2, 0.25) is 0 Å². The van der Waals surface area contributed by atoms with Crippen LogP contribution in [0.15, 0.2) is 36.6 Å². The van der Waals surface area contributed by atoms with Crippen LogP contribution >= 0.6 is 0 Å². The minimum absolute atomic E-state index is 0.00472. The molecule has 1 aliphatic heterocycles. The number of rotatable bonds is 4. The molecule has 142 valence electrons. The van der Waals surface area contributed by atoms with E-state index in [1.54, 1.807) is 0 Å². The van der Waals surface area contributed by atoms with Crippen LogP contribution in [0.4, 0.5) is 0 Å². The van der Waals surface area contributed by atoms with Gasteiger partial charge in [-0.2, -0.15) is 10.2 Å². The molecule has 27 heavy (non-hydrogen) atoms. The number of nitrogens with zero attached hydrogens (tertiary/aromatic N) is 4. The Morgan fingerprint density at radius 1 is 1.33 bits per heavy atom. The molecule has 3 heterocycles. The predicted molar refractivity (Wildman–Crippen MR) is 105 cm³/mol. The fourth-order valence-electron chi connectivity index (χ4n) is 3.90. The Labute approximate surface area is 159 Å². The van der Waals surface area contributed by atoms with Crippen molar-refractivity contribution in [3.63, 3.8) is 0 Å². The van der Waals surface area contributed by atoms with Gasteiger partial charge in [-0.1, -0.05) is 38.2 Å². The molecule has 0 aromatic carbocycles. The van der Waals surface area contributed by atoms with Crippen molar-refractivity contribution in [2.75, 3.05) is 13.1 Å². The molecule has 0 bridgehead atoms. The standard InChI is InChI=1S/C21H27N5O/c1-14(2)19-11-20(23-22-19)21(27)25-10-9-17(12-25)26-13-18(15(3)24-26)16-7-5-4-6-8-16/h4-7,11,13-14,16-17H,8-10,12H2,1-3H3,(H,22,23). The molecule has 0 saturated carbocycles. The summed E-state index contributed by atoms with van der Waals surface area (Å²) in [7, 11) is 0. The average Bonchev–Trinajstić information content (AvgIpc) is 3.41. The van der Waals surface area contributed by atoms with Gasteiger partial charge in [-0.05, 0) is 31.7 Å². The lowest BCUT2D eigenvalue weighted by atomic mass is 9.93. The molecular formula is C21H27N5O. The van der Waals surface area contributed by atoms with E-state index in [-0.39, 0.29) is 11.9 Å². The molecule has 1 fully saturated rings. The van der Waals surface area contributed by atoms with Crippen LogP contribution in [0.5, 0.6) is 0 Å². The summed E-state index contributed by atoms with van der Waals surface area (Å²) in [5.74, 6) is 0.742. The van der Waals surface area contributed by atoms with Gasteiger partial charge in [0.2, 0.25) is 0 Å². The number of carbonyl (C=O) groups excluding carboxylic acids is 1. The average molecular weight is 365 g/mol. The molecular weight excluding hydrogens is 338 g/mol. The van der Waals surface area contributed by atoms with Gasteiger partial charge < -0.3 is 4.90 Å². The number of likely N-dealkylation sites (tertiary alicyclic amines) is 1. The highest BCUT2D eigenvalue weighted by atomic mass is 16.2. The minimum atomic E-state index is 0.00472. The molecule has 2 atom stereocenters. The Kier molecular flexibility index (Phi) is 4.72. The number of hydrogen-bond acceptors (Lipinski definition) is 3. The van der Waals surface area contributed by atoms with Crippen molar-refractivity contribution in [3.8, 4) is 0 Å². The fraction of sp³-hybridized carbons (Fsp3) is 0.476. The van der Waals surface area contributed by atoms with E-state index in [2.05, 4.69) is 66.2 Å². The summed E-state index contributed by atoms with van der Waals surface area (Å²) in [6, 6.07) is 2.10. The Morgan fingerprint density at radius 3 is 2.89 bits per heavy atom. The summed E-state index contributed by atoms with van der Waals surface area (Å²) < 4.78 is 2.06. The van der Waals surface area contributed by atoms with E-state index < -0.39 is 0 Å². The highest BCUT2D eigenvalue weighted by Crippen LogP contribution is 2.30. The van der Waals surface area contributed by atoms with E-state index in [1.807, 2.05) is 11.0 Å². The molecule has 2 aromatic heterocycles. The van der Waals surface area contributed by atoms with Gasteiger partial charge in [0.15, 0.2) is 0 Å². The van der Waals surface area contributed by atoms with E-state index in [9.17, 15) is 4.79 Å². The lowest BCUT2D eigenvalue weighted by molar-refractivity contribution is 0.0781. The molecule has 4 rings (SSSR count). The summed E-state index contributed by atoms with van der Waals surface area (Å²) in [6.45, 7) is 7.68. The third-order valence-corrected chi connectivity index (χ3v) is 5.60. The first kappa shape index (κ1) is 17.8. The quantitative estimate of drug-likeness (QED) is 0.898. The van der Waals surface area contributed by atoms with Gasteiger partial charge in [-0.3, -0.25) is 14.6 Å². The van der Waals surface area contributed by atoms with Gasteiger partial charge in [-0.15, -0.1) is 0 Å². The third kappa shape index (κ3) is 3.48. The number of H-pyrrole nitrogens is 1. The molecule has 1 amide bonds. The van der Waals surface area contributed by atoms with Crippen molar-refractivity contribution >= 4 is 5.91 Å². The van der Waals surface area contributed by atoms with E-state index >= 15 is 0 Å². The van der Waals surface area contributed by atoms with Crippen LogP contribution in [0.25, 0.3) is 0 Å². The van der Waals surface area contributed by atoms with Crippen LogP contribution in [0.1, 0.15) is 72.0 Å². The van der Waals surface area contributed by atoms with Crippen LogP contribution in [0.3, 0.4) is 0 Å². The third-order valence-electron chi connectivity index (χ3n) is 5.60. The van der Waals surface area contributed by atoms with E-state index in [0.29, 0.717) is 24.1 Å². The first-order valence-corrected chi connectivity index (χ1v) is 9.76. The van der Waals surface area contributed by atoms with E-state index in [0.717, 1.165) is 30.8 Å². The number of nitrogens with one attached hydrogen (secondary N) is 1. The van der Waals surface area contributed by atoms with Gasteiger partial charge in [0.1, 0.15) is 5.69 Å². The number of aromatic amines is 1. The number of allylic oxidation sites excluding steroid dienone is 4. The molecule has 6 heteroatoms. The van der Waals surface area contributed by atoms with Crippen LogP contribution in [-0.2, 0) is 0 Å². The minimum Gasteiger partial charge on any atom is -0.335 e. The van der Waals surface area contributed by atoms with Gasteiger partial charge in [0.25, 0.3) is 5.91 Å². The fourth-order valence-corrected chi connectivity index (χ4v) is 3.90. The van der Waals surface area contributed by atoms with Crippen LogP contribution in [-0.4, -0.2) is 43.9 Å². The SMILES string of the molecule is Cc1nn(C2CCN(C(=O)c3cc(C(C)C)[nH]n3)C2)cc1C1C=CC=CC1. The van der Waals surface area contributed by atoms with Gasteiger partial charge in [0.05, 0.1) is 11.7 Å². The molecule has 0 radical (unpaired) electrons. The summed E-state index contributed by atoms with van der Waals surface area (Å²) in [5.41, 5.74) is 3.87. The molecule has 1 aliphatic carbocycles. The highest BCUT2D eigenvalue weighted by molar-refractivity contribution is 5.92. The van der Waals surface area contributed by atoms with E-state index in [1.165, 1.54) is 5.56 Å². The van der Waals surface area contributed by atoms with Crippen LogP contribution in [0, 0.1) is 6.92 Å². The lowest BCUT2D eigenvalue weighted by Crippen LogP contribution is -2.29. The van der Waals surface area contributed by atoms with Crippen molar-refractivity contribution < 1.29 is 4.79 Å². The van der Waals surface area contributed by atoms with Gasteiger partial charge >= 0.3 is 0 Å². The zero-order valence-electron chi connectivity index (χ0n) is 16.2. The Morgan fingerprint density at radius 2 is 2.19 bits per heavy atom. The topological polar surface area (TPSA) is 66.8 Å². The molecule has 2 unspecified atom stereocenters. The van der Waals surface area contributed by atoms with E-state index in [4.69, 9.17) is 5.10 Å². The maximum Gasteiger partial charge on any atom is 0.274 e. The highest BCUT2D eigenvalue weighted by Gasteiger charge is 2.30. The summed E-state index contributed by atoms with van der Waals surface area (Å²) in [5, 5.41) is 11.9. The van der Waals surface area contributed by atoms with Crippen molar-refractivity contribution in [2.24, 2.45) is 0 Å². The second-order valence-electron chi connectivity index (χ2n) is 7.86. The number of aromatic nitrogens is 4. The Bertz CT molecular complexity index is 888. The second-order valence-corrected chi connectivity index (χ2v) is 7.86. The second kappa shape index (κ2) is 7.18. The summed E-state index contributed by atoms with van der Waals surface area (Å²) in [6.07, 6.45) is 12.8. The lowest BCUT2D eigenvalue weighted by Gasteiger charge is -2.15. The summed E-state index contributed by atoms with van der Waals surface area (Å²) >= 11 is 0. The monoisotopic (exact) mass is 365 g/mol. The van der Waals surface area contributed by atoms with Crippen molar-refractivity contribution in [1.82, 2.24) is 24.9 Å². The van der Waals surface area contributed by atoms with Gasteiger partial charge in [0, 0.05) is 36.5 Å². The normalized spacial score (nSPS) is 22.1. The van der Waals surface area contributed by atoms with Crippen molar-refractivity contribution in [2.45, 2.75) is 51.5 Å². The number of carbonyl (C=O) groups is 1. The molecule has 1 N–H and O–H groups in total. The van der Waals surface area contributed by atoms with Crippen LogP contribution < -0.4 is 0 Å². The maximum absolute atomic E-state index is 12.8. The first-order valence-electron chi connectivity index (χ1n) is 9.76. The number of aryl methyl sites for hydroxylation is 1. The molecule has 1 saturated heterocycles. The predicted octanol–water partition coefficient (Wildman–Crippen LogP) is 3.72.